The molecule has 0 saturated heterocycles. The van der Waals surface area contributed by atoms with Crippen LogP contribution >= 0.6 is 0 Å². The van der Waals surface area contributed by atoms with E-state index in [1.807, 2.05) is 19.0 Å². The molecule has 0 radical (unpaired) electrons. The van der Waals surface area contributed by atoms with E-state index in [9.17, 15) is 4.79 Å². The number of hydrogen-bond acceptors (Lipinski definition) is 6. The van der Waals surface area contributed by atoms with Crippen molar-refractivity contribution < 1.29 is 13.9 Å². The molecule has 0 unspecified atom stereocenters. The van der Waals surface area contributed by atoms with Gasteiger partial charge in [-0.2, -0.15) is 5.10 Å². The molecule has 0 bridgehead atoms. The summed E-state index contributed by atoms with van der Waals surface area (Å²) >= 11 is 0. The monoisotopic (exact) mass is 292 g/mol. The van der Waals surface area contributed by atoms with E-state index < -0.39 is 0 Å². The number of nitrogens with two attached hydrogens (primary N) is 1. The molecule has 0 fully saturated rings. The number of aromatic nitrogens is 2. The Morgan fingerprint density at radius 1 is 1.48 bits per heavy atom. The van der Waals surface area contributed by atoms with Crippen molar-refractivity contribution in [2.24, 2.45) is 5.73 Å². The van der Waals surface area contributed by atoms with Gasteiger partial charge in [0.15, 0.2) is 17.2 Å². The number of carbonyl (C=O) groups excluding carboxylic acids is 1. The second kappa shape index (κ2) is 6.55. The first kappa shape index (κ1) is 15.3. The highest BCUT2D eigenvalue weighted by Crippen LogP contribution is 2.22. The summed E-state index contributed by atoms with van der Waals surface area (Å²) in [4.78, 5) is 14.6. The van der Waals surface area contributed by atoms with Gasteiger partial charge in [-0.25, -0.2) is 0 Å². The molecule has 2 aromatic heterocycles. The molecule has 2 rings (SSSR count). The van der Waals surface area contributed by atoms with Crippen molar-refractivity contribution in [3.05, 3.63) is 35.5 Å². The summed E-state index contributed by atoms with van der Waals surface area (Å²) in [6.07, 6.45) is 1.54. The highest BCUT2D eigenvalue weighted by Gasteiger charge is 2.23. The summed E-state index contributed by atoms with van der Waals surface area (Å²) in [5.74, 6) is 0.976. The van der Waals surface area contributed by atoms with Crippen LogP contribution in [0.25, 0.3) is 0 Å². The first-order valence-corrected chi connectivity index (χ1v) is 6.64. The minimum Gasteiger partial charge on any atom is -0.493 e. The van der Waals surface area contributed by atoms with E-state index in [1.54, 1.807) is 16.8 Å². The van der Waals surface area contributed by atoms with E-state index in [0.29, 0.717) is 23.7 Å². The normalized spacial score (nSPS) is 11.1. The van der Waals surface area contributed by atoms with E-state index >= 15 is 0 Å². The van der Waals surface area contributed by atoms with Crippen LogP contribution in [0.4, 0.5) is 0 Å². The molecule has 0 spiro atoms. The van der Waals surface area contributed by atoms with E-state index in [1.165, 1.54) is 13.3 Å². The van der Waals surface area contributed by atoms with Gasteiger partial charge in [-0.1, -0.05) is 0 Å². The Balaban J connectivity index is 2.31. The highest BCUT2D eigenvalue weighted by atomic mass is 16.5. The molecule has 0 saturated carbocycles. The third kappa shape index (κ3) is 3.32. The van der Waals surface area contributed by atoms with Crippen LogP contribution in [0.5, 0.6) is 5.75 Å². The van der Waals surface area contributed by atoms with Crippen LogP contribution < -0.4 is 10.5 Å². The van der Waals surface area contributed by atoms with Crippen LogP contribution in [0.2, 0.25) is 0 Å². The van der Waals surface area contributed by atoms with Crippen LogP contribution in [0.3, 0.4) is 0 Å². The van der Waals surface area contributed by atoms with Crippen LogP contribution in [-0.4, -0.2) is 48.2 Å². The number of likely N-dealkylation sites (N-methyl/N-ethyl adjacent to an activating group) is 1. The largest absolute Gasteiger partial charge is 0.493 e. The fourth-order valence-electron chi connectivity index (χ4n) is 1.94. The molecule has 0 aliphatic heterocycles. The number of nitrogens with zero attached hydrogens (tertiary/aromatic N) is 3. The molecule has 2 N–H and O–H groups in total. The summed E-state index contributed by atoms with van der Waals surface area (Å²) in [6, 6.07) is 3.31. The van der Waals surface area contributed by atoms with Gasteiger partial charge in [-0.15, -0.1) is 0 Å². The van der Waals surface area contributed by atoms with Gasteiger partial charge in [0.05, 0.1) is 26.4 Å². The lowest BCUT2D eigenvalue weighted by atomic mass is 10.2. The van der Waals surface area contributed by atoms with E-state index in [-0.39, 0.29) is 18.1 Å². The molecule has 2 aromatic rings. The SMILES string of the molecule is COc1cnn(CCN(C)C)c1C(=O)c1ccc(CN)o1. The number of rotatable bonds is 7. The third-order valence-electron chi connectivity index (χ3n) is 3.09. The van der Waals surface area contributed by atoms with Gasteiger partial charge >= 0.3 is 0 Å². The van der Waals surface area contributed by atoms with Crippen LogP contribution in [0, 0.1) is 0 Å². The maximum Gasteiger partial charge on any atom is 0.249 e. The average Bonchev–Trinajstić information content (AvgIpc) is 3.10. The Labute approximate surface area is 123 Å². The van der Waals surface area contributed by atoms with Crippen LogP contribution in [0.1, 0.15) is 22.0 Å². The molecule has 2 heterocycles. The fraction of sp³-hybridized carbons (Fsp3) is 0.429. The summed E-state index contributed by atoms with van der Waals surface area (Å²) in [7, 11) is 5.43. The lowest BCUT2D eigenvalue weighted by molar-refractivity contribution is 0.0993. The Morgan fingerprint density at radius 2 is 2.24 bits per heavy atom. The van der Waals surface area contributed by atoms with E-state index in [0.717, 1.165) is 6.54 Å². The van der Waals surface area contributed by atoms with E-state index in [4.69, 9.17) is 14.9 Å². The summed E-state index contributed by atoms with van der Waals surface area (Å²) < 4.78 is 12.3. The van der Waals surface area contributed by atoms with Gasteiger partial charge in [0, 0.05) is 6.54 Å². The molecule has 0 aliphatic rings. The lowest BCUT2D eigenvalue weighted by Crippen LogP contribution is -2.21. The molecule has 21 heavy (non-hydrogen) atoms. The number of methoxy groups -OCH3 is 1. The molecule has 0 atom stereocenters. The standard InChI is InChI=1S/C14H20N4O3/c1-17(2)6-7-18-13(12(20-3)9-16-18)14(19)11-5-4-10(8-15)21-11/h4-5,9H,6-8,15H2,1-3H3. The predicted molar refractivity (Wildman–Crippen MR) is 77.4 cm³/mol. The van der Waals surface area contributed by atoms with Crippen molar-refractivity contribution in [2.45, 2.75) is 13.1 Å². The maximum atomic E-state index is 12.6. The Hall–Kier alpha value is -2.12. The Bertz CT molecular complexity index is 616. The van der Waals surface area contributed by atoms with Crippen LogP contribution in [-0.2, 0) is 13.1 Å². The Morgan fingerprint density at radius 3 is 2.81 bits per heavy atom. The smallest absolute Gasteiger partial charge is 0.249 e. The van der Waals surface area contributed by atoms with E-state index in [2.05, 4.69) is 5.10 Å². The molecular formula is C14H20N4O3. The van der Waals surface area contributed by atoms with Gasteiger partial charge in [0.2, 0.25) is 5.78 Å². The molecule has 0 aliphatic carbocycles. The zero-order valence-electron chi connectivity index (χ0n) is 12.5. The number of ether oxygens (including phenoxy) is 1. The summed E-state index contributed by atoms with van der Waals surface area (Å²) in [6.45, 7) is 1.60. The highest BCUT2D eigenvalue weighted by molar-refractivity contribution is 6.07. The van der Waals surface area contributed by atoms with Crippen molar-refractivity contribution in [2.75, 3.05) is 27.7 Å². The first-order chi connectivity index (χ1) is 10.1. The quantitative estimate of drug-likeness (QED) is 0.757. The van der Waals surface area contributed by atoms with Crippen molar-refractivity contribution in [1.82, 2.24) is 14.7 Å². The van der Waals surface area contributed by atoms with Gasteiger partial charge in [-0.3, -0.25) is 9.48 Å². The molecule has 0 aromatic carbocycles. The molecule has 0 amide bonds. The third-order valence-corrected chi connectivity index (χ3v) is 3.09. The maximum absolute atomic E-state index is 12.6. The van der Waals surface area contributed by atoms with Gasteiger partial charge in [0.1, 0.15) is 5.76 Å². The van der Waals surface area contributed by atoms with Gasteiger partial charge in [-0.05, 0) is 26.2 Å². The van der Waals surface area contributed by atoms with Gasteiger partial charge < -0.3 is 19.8 Å². The van der Waals surface area contributed by atoms with Crippen molar-refractivity contribution in [1.29, 1.82) is 0 Å². The first-order valence-electron chi connectivity index (χ1n) is 6.64. The molecule has 7 nitrogen and oxygen atoms in total. The van der Waals surface area contributed by atoms with Crippen molar-refractivity contribution >= 4 is 5.78 Å². The van der Waals surface area contributed by atoms with Crippen LogP contribution in [0.15, 0.2) is 22.7 Å². The molecule has 7 heteroatoms. The van der Waals surface area contributed by atoms with Crippen molar-refractivity contribution in [3.8, 4) is 5.75 Å². The number of ketones is 1. The topological polar surface area (TPSA) is 86.5 Å². The second-order valence-corrected chi connectivity index (χ2v) is 4.89. The summed E-state index contributed by atoms with van der Waals surface area (Å²) in [5.41, 5.74) is 5.88. The van der Waals surface area contributed by atoms with Gasteiger partial charge in [0.25, 0.3) is 0 Å². The minimum atomic E-state index is -0.261. The fourth-order valence-corrected chi connectivity index (χ4v) is 1.94. The molecule has 114 valence electrons. The second-order valence-electron chi connectivity index (χ2n) is 4.89. The summed E-state index contributed by atoms with van der Waals surface area (Å²) in [5, 5.41) is 4.21. The minimum absolute atomic E-state index is 0.236. The molecular weight excluding hydrogens is 272 g/mol. The average molecular weight is 292 g/mol. The number of furan rings is 1. The van der Waals surface area contributed by atoms with Crippen molar-refractivity contribution in [3.63, 3.8) is 0 Å². The zero-order chi connectivity index (χ0) is 15.4. The lowest BCUT2D eigenvalue weighted by Gasteiger charge is -2.11. The zero-order valence-corrected chi connectivity index (χ0v) is 12.5. The number of hydrogen-bond donors (Lipinski definition) is 1. The predicted octanol–water partition coefficient (Wildman–Crippen LogP) is 0.736. The Kier molecular flexibility index (Phi) is 4.77. The number of carbonyl (C=O) groups is 1.